The summed E-state index contributed by atoms with van der Waals surface area (Å²) in [6.07, 6.45) is 0.389. The maximum atomic E-state index is 11.8. The fourth-order valence-electron chi connectivity index (χ4n) is 2.08. The van der Waals surface area contributed by atoms with E-state index in [1.165, 1.54) is 5.56 Å². The molecule has 22 heavy (non-hydrogen) atoms. The highest BCUT2D eigenvalue weighted by atomic mass is 35.5. The molecule has 4 heteroatoms. The van der Waals surface area contributed by atoms with Gasteiger partial charge in [0.2, 0.25) is 5.91 Å². The van der Waals surface area contributed by atoms with E-state index < -0.39 is 0 Å². The van der Waals surface area contributed by atoms with Gasteiger partial charge in [-0.05, 0) is 43.2 Å². The molecule has 0 radical (unpaired) electrons. The molecule has 0 unspecified atom stereocenters. The summed E-state index contributed by atoms with van der Waals surface area (Å²) in [7, 11) is 0. The van der Waals surface area contributed by atoms with Crippen LogP contribution in [0.3, 0.4) is 0 Å². The molecule has 0 aliphatic heterocycles. The predicted octanol–water partition coefficient (Wildman–Crippen LogP) is 3.69. The van der Waals surface area contributed by atoms with Gasteiger partial charge in [0.15, 0.2) is 0 Å². The van der Waals surface area contributed by atoms with Gasteiger partial charge in [-0.3, -0.25) is 4.79 Å². The Morgan fingerprint density at radius 2 is 1.86 bits per heavy atom. The zero-order valence-electron chi connectivity index (χ0n) is 12.9. The summed E-state index contributed by atoms with van der Waals surface area (Å²) in [5, 5.41) is 3.55. The number of hydrogen-bond acceptors (Lipinski definition) is 2. The highest BCUT2D eigenvalue weighted by molar-refractivity contribution is 6.30. The second kappa shape index (κ2) is 7.85. The van der Waals surface area contributed by atoms with Gasteiger partial charge in [0, 0.05) is 5.02 Å². The third-order valence-corrected chi connectivity index (χ3v) is 3.54. The summed E-state index contributed by atoms with van der Waals surface area (Å²) in [6, 6.07) is 13.5. The second-order valence-corrected chi connectivity index (χ2v) is 5.71. The molecule has 0 bridgehead atoms. The maximum absolute atomic E-state index is 11.8. The molecule has 116 valence electrons. The lowest BCUT2D eigenvalue weighted by molar-refractivity contribution is -0.120. The molecule has 0 spiro atoms. The topological polar surface area (TPSA) is 38.3 Å². The SMILES string of the molecule is Cc1ccc(CC(=O)NCCOc2ccc(Cl)cc2C)cc1. The van der Waals surface area contributed by atoms with Crippen LogP contribution < -0.4 is 10.1 Å². The first-order valence-electron chi connectivity index (χ1n) is 7.26. The van der Waals surface area contributed by atoms with E-state index in [1.807, 2.05) is 50.2 Å². The van der Waals surface area contributed by atoms with E-state index in [9.17, 15) is 4.79 Å². The van der Waals surface area contributed by atoms with Crippen LogP contribution in [-0.4, -0.2) is 19.1 Å². The zero-order valence-corrected chi connectivity index (χ0v) is 13.6. The monoisotopic (exact) mass is 317 g/mol. The minimum Gasteiger partial charge on any atom is -0.491 e. The summed E-state index contributed by atoms with van der Waals surface area (Å²) >= 11 is 5.89. The van der Waals surface area contributed by atoms with Crippen molar-refractivity contribution in [2.45, 2.75) is 20.3 Å². The van der Waals surface area contributed by atoms with Crippen molar-refractivity contribution < 1.29 is 9.53 Å². The number of nitrogens with one attached hydrogen (secondary N) is 1. The van der Waals surface area contributed by atoms with Crippen molar-refractivity contribution in [3.8, 4) is 5.75 Å². The molecule has 3 nitrogen and oxygen atoms in total. The van der Waals surface area contributed by atoms with Crippen molar-refractivity contribution in [1.82, 2.24) is 5.32 Å². The molecule has 0 saturated heterocycles. The first-order chi connectivity index (χ1) is 10.5. The number of carbonyl (C=O) groups is 1. The molecule has 2 rings (SSSR count). The lowest BCUT2D eigenvalue weighted by Gasteiger charge is -2.10. The Hall–Kier alpha value is -2.00. The molecule has 1 amide bonds. The number of benzene rings is 2. The Balaban J connectivity index is 1.72. The van der Waals surface area contributed by atoms with Crippen molar-refractivity contribution in [3.05, 3.63) is 64.2 Å². The van der Waals surface area contributed by atoms with Crippen LogP contribution in [0.5, 0.6) is 5.75 Å². The minimum absolute atomic E-state index is 0.000260. The molecule has 0 heterocycles. The average molecular weight is 318 g/mol. The fraction of sp³-hybridized carbons (Fsp3) is 0.278. The summed E-state index contributed by atoms with van der Waals surface area (Å²) in [4.78, 5) is 11.8. The molecular formula is C18H20ClNO2. The van der Waals surface area contributed by atoms with Crippen LogP contribution in [0, 0.1) is 13.8 Å². The van der Waals surface area contributed by atoms with Gasteiger partial charge in [0.25, 0.3) is 0 Å². The first-order valence-corrected chi connectivity index (χ1v) is 7.63. The van der Waals surface area contributed by atoms with Crippen molar-refractivity contribution in [2.24, 2.45) is 0 Å². The molecular weight excluding hydrogens is 298 g/mol. The highest BCUT2D eigenvalue weighted by Gasteiger charge is 2.04. The van der Waals surface area contributed by atoms with Gasteiger partial charge in [-0.2, -0.15) is 0 Å². The lowest BCUT2D eigenvalue weighted by Crippen LogP contribution is -2.29. The van der Waals surface area contributed by atoms with Crippen LogP contribution in [0.25, 0.3) is 0 Å². The summed E-state index contributed by atoms with van der Waals surface area (Å²) in [5.41, 5.74) is 3.19. The van der Waals surface area contributed by atoms with Gasteiger partial charge in [0.05, 0.1) is 13.0 Å². The largest absolute Gasteiger partial charge is 0.491 e. The molecule has 0 aliphatic rings. The van der Waals surface area contributed by atoms with Crippen molar-refractivity contribution in [2.75, 3.05) is 13.2 Å². The molecule has 0 aliphatic carbocycles. The standard InChI is InChI=1S/C18H20ClNO2/c1-13-3-5-15(6-4-13)12-18(21)20-9-10-22-17-8-7-16(19)11-14(17)2/h3-8,11H,9-10,12H2,1-2H3,(H,20,21). The zero-order chi connectivity index (χ0) is 15.9. The normalized spacial score (nSPS) is 10.3. The number of aryl methyl sites for hydroxylation is 2. The lowest BCUT2D eigenvalue weighted by atomic mass is 10.1. The molecule has 0 saturated carbocycles. The van der Waals surface area contributed by atoms with Gasteiger partial charge >= 0.3 is 0 Å². The van der Waals surface area contributed by atoms with Crippen LogP contribution in [-0.2, 0) is 11.2 Å². The van der Waals surface area contributed by atoms with E-state index in [-0.39, 0.29) is 5.91 Å². The molecule has 2 aromatic carbocycles. The highest BCUT2D eigenvalue weighted by Crippen LogP contribution is 2.21. The quantitative estimate of drug-likeness (QED) is 0.825. The number of halogens is 1. The third-order valence-electron chi connectivity index (χ3n) is 3.30. The van der Waals surface area contributed by atoms with Crippen molar-refractivity contribution in [1.29, 1.82) is 0 Å². The molecule has 0 atom stereocenters. The average Bonchev–Trinajstić information content (AvgIpc) is 2.48. The number of ether oxygens (including phenoxy) is 1. The van der Waals surface area contributed by atoms with Crippen molar-refractivity contribution >= 4 is 17.5 Å². The van der Waals surface area contributed by atoms with Crippen LogP contribution in [0.1, 0.15) is 16.7 Å². The summed E-state index contributed by atoms with van der Waals surface area (Å²) in [5.74, 6) is 0.789. The Bertz CT molecular complexity index is 638. The Kier molecular flexibility index (Phi) is 5.84. The van der Waals surface area contributed by atoms with E-state index >= 15 is 0 Å². The molecule has 0 aromatic heterocycles. The van der Waals surface area contributed by atoms with E-state index in [0.717, 1.165) is 16.9 Å². The van der Waals surface area contributed by atoms with Crippen LogP contribution in [0.2, 0.25) is 5.02 Å². The molecule has 0 fully saturated rings. The third kappa shape index (κ3) is 5.08. The van der Waals surface area contributed by atoms with Gasteiger partial charge in [-0.15, -0.1) is 0 Å². The van der Waals surface area contributed by atoms with E-state index in [4.69, 9.17) is 16.3 Å². The van der Waals surface area contributed by atoms with Crippen LogP contribution in [0.15, 0.2) is 42.5 Å². The van der Waals surface area contributed by atoms with Gasteiger partial charge in [-0.25, -0.2) is 0 Å². The van der Waals surface area contributed by atoms with Crippen LogP contribution in [0.4, 0.5) is 0 Å². The van der Waals surface area contributed by atoms with Gasteiger partial charge in [0.1, 0.15) is 12.4 Å². The first kappa shape index (κ1) is 16.4. The van der Waals surface area contributed by atoms with Crippen LogP contribution >= 0.6 is 11.6 Å². The number of amides is 1. The maximum Gasteiger partial charge on any atom is 0.224 e. The predicted molar refractivity (Wildman–Crippen MR) is 89.6 cm³/mol. The smallest absolute Gasteiger partial charge is 0.224 e. The van der Waals surface area contributed by atoms with E-state index in [2.05, 4.69) is 5.32 Å². The minimum atomic E-state index is 0.000260. The number of rotatable bonds is 6. The van der Waals surface area contributed by atoms with E-state index in [1.54, 1.807) is 6.07 Å². The number of hydrogen-bond donors (Lipinski definition) is 1. The second-order valence-electron chi connectivity index (χ2n) is 5.27. The number of carbonyl (C=O) groups excluding carboxylic acids is 1. The Labute approximate surface area is 136 Å². The summed E-state index contributed by atoms with van der Waals surface area (Å²) in [6.45, 7) is 4.88. The van der Waals surface area contributed by atoms with E-state index in [0.29, 0.717) is 24.6 Å². The summed E-state index contributed by atoms with van der Waals surface area (Å²) < 4.78 is 5.63. The van der Waals surface area contributed by atoms with Crippen molar-refractivity contribution in [3.63, 3.8) is 0 Å². The fourth-order valence-corrected chi connectivity index (χ4v) is 2.31. The van der Waals surface area contributed by atoms with Gasteiger partial charge in [-0.1, -0.05) is 41.4 Å². The molecule has 2 aromatic rings. The van der Waals surface area contributed by atoms with Gasteiger partial charge < -0.3 is 10.1 Å². The Morgan fingerprint density at radius 1 is 1.14 bits per heavy atom. The Morgan fingerprint density at radius 3 is 2.55 bits per heavy atom. The molecule has 1 N–H and O–H groups in total.